The first-order valence-corrected chi connectivity index (χ1v) is 7.32. The monoisotopic (exact) mass is 439 g/mol. The van der Waals surface area contributed by atoms with Gasteiger partial charge in [0, 0.05) is 6.42 Å². The number of rotatable bonds is 2. The fourth-order valence-corrected chi connectivity index (χ4v) is 2.40. The molecule has 0 aliphatic carbocycles. The molecule has 2 aromatic rings. The molecule has 0 bridgehead atoms. The van der Waals surface area contributed by atoms with Gasteiger partial charge < -0.3 is 0 Å². The Balaban J connectivity index is 2.71. The minimum Gasteiger partial charge on any atom is -0.166 e. The molecule has 12 heteroatoms. The van der Waals surface area contributed by atoms with Crippen molar-refractivity contribution in [3.8, 4) is 0 Å². The highest BCUT2D eigenvalue weighted by Gasteiger charge is 2.40. The number of alkyl halides is 12. The van der Waals surface area contributed by atoms with E-state index in [0.29, 0.717) is 0 Å². The molecule has 0 amide bonds. The molecular weight excluding hydrogens is 432 g/mol. The highest BCUT2D eigenvalue weighted by molar-refractivity contribution is 5.50. The van der Waals surface area contributed by atoms with Crippen molar-refractivity contribution in [2.24, 2.45) is 0 Å². The summed E-state index contributed by atoms with van der Waals surface area (Å²) in [6.07, 6.45) is -20.8. The molecule has 1 radical (unpaired) electrons. The number of hydrogen-bond donors (Lipinski definition) is 0. The minimum atomic E-state index is -5.27. The molecule has 0 aliphatic heterocycles. The maximum Gasteiger partial charge on any atom is 0.416 e. The minimum absolute atomic E-state index is 0.00384. The number of halogens is 12. The summed E-state index contributed by atoms with van der Waals surface area (Å²) in [5, 5.41) is 0. The third kappa shape index (κ3) is 5.36. The summed E-state index contributed by atoms with van der Waals surface area (Å²) in [4.78, 5) is 0. The topological polar surface area (TPSA) is 0 Å². The lowest BCUT2D eigenvalue weighted by Gasteiger charge is -2.19. The summed E-state index contributed by atoms with van der Waals surface area (Å²) in [5.41, 5.74) is -9.43. The van der Waals surface area contributed by atoms with Crippen LogP contribution in [0.3, 0.4) is 0 Å². The van der Waals surface area contributed by atoms with E-state index in [1.807, 2.05) is 0 Å². The van der Waals surface area contributed by atoms with Gasteiger partial charge in [-0.1, -0.05) is 0 Å². The van der Waals surface area contributed by atoms with E-state index in [-0.39, 0.29) is 42.8 Å². The lowest BCUT2D eigenvalue weighted by Crippen LogP contribution is -2.15. The lowest BCUT2D eigenvalue weighted by molar-refractivity contribution is -0.142. The van der Waals surface area contributed by atoms with Crippen molar-refractivity contribution in [1.82, 2.24) is 0 Å². The quantitative estimate of drug-likeness (QED) is 0.429. The SMILES string of the molecule is FC(F)(F)c1ccc(C(F)(F)F)c([CH]c2cc(C(F)(F)F)ccc2C(F)(F)F)c1. The van der Waals surface area contributed by atoms with E-state index in [1.54, 1.807) is 0 Å². The van der Waals surface area contributed by atoms with Crippen LogP contribution in [0.1, 0.15) is 33.4 Å². The van der Waals surface area contributed by atoms with E-state index in [9.17, 15) is 52.7 Å². The van der Waals surface area contributed by atoms with Gasteiger partial charge in [0.1, 0.15) is 0 Å². The first-order chi connectivity index (χ1) is 12.9. The standard InChI is InChI=1S/C17H7F12/c18-14(19,20)10-1-3-12(16(24,25)26)8(6-10)5-9-7-11(15(21,22)23)2-4-13(9)17(27,28)29/h1-7H. The maximum atomic E-state index is 13.1. The average Bonchev–Trinajstić information content (AvgIpc) is 2.51. The molecule has 0 aliphatic rings. The maximum absolute atomic E-state index is 13.1. The molecule has 0 saturated carbocycles. The van der Waals surface area contributed by atoms with Crippen LogP contribution in [0.15, 0.2) is 36.4 Å². The molecule has 0 spiro atoms. The zero-order valence-corrected chi connectivity index (χ0v) is 13.6. The Morgan fingerprint density at radius 3 is 1.00 bits per heavy atom. The fourth-order valence-electron chi connectivity index (χ4n) is 2.40. The van der Waals surface area contributed by atoms with Gasteiger partial charge >= 0.3 is 24.7 Å². The molecule has 2 rings (SSSR count). The summed E-state index contributed by atoms with van der Waals surface area (Å²) in [7, 11) is 0. The number of benzene rings is 2. The molecule has 0 aromatic heterocycles. The largest absolute Gasteiger partial charge is 0.416 e. The first-order valence-electron chi connectivity index (χ1n) is 7.32. The summed E-state index contributed by atoms with van der Waals surface area (Å²) in [6, 6.07) is -0.0362. The van der Waals surface area contributed by atoms with Crippen molar-refractivity contribution in [3.63, 3.8) is 0 Å². The highest BCUT2D eigenvalue weighted by Crippen LogP contribution is 2.41. The van der Waals surface area contributed by atoms with Crippen LogP contribution < -0.4 is 0 Å². The predicted octanol–water partition coefficient (Wildman–Crippen LogP) is 7.36. The van der Waals surface area contributed by atoms with E-state index in [0.717, 1.165) is 0 Å². The van der Waals surface area contributed by atoms with Gasteiger partial charge in [-0.05, 0) is 47.5 Å². The number of hydrogen-bond acceptors (Lipinski definition) is 0. The second-order valence-corrected chi connectivity index (χ2v) is 5.74. The molecule has 0 saturated heterocycles. The molecule has 0 N–H and O–H groups in total. The van der Waals surface area contributed by atoms with E-state index in [1.165, 1.54) is 0 Å². The highest BCUT2D eigenvalue weighted by atomic mass is 19.4. The summed E-state index contributed by atoms with van der Waals surface area (Å²) in [5.74, 6) is 0. The van der Waals surface area contributed by atoms with Gasteiger partial charge in [0.05, 0.1) is 22.3 Å². The van der Waals surface area contributed by atoms with Crippen molar-refractivity contribution in [2.45, 2.75) is 24.7 Å². The molecule has 0 unspecified atom stereocenters. The van der Waals surface area contributed by atoms with Crippen molar-refractivity contribution in [2.75, 3.05) is 0 Å². The molecular formula is C17H7F12. The van der Waals surface area contributed by atoms with E-state index in [2.05, 4.69) is 0 Å². The Morgan fingerprint density at radius 1 is 0.448 bits per heavy atom. The Morgan fingerprint density at radius 2 is 0.759 bits per heavy atom. The van der Waals surface area contributed by atoms with Gasteiger partial charge in [-0.15, -0.1) is 0 Å². The van der Waals surface area contributed by atoms with Crippen LogP contribution in [0.25, 0.3) is 0 Å². The molecule has 0 heterocycles. The predicted molar refractivity (Wildman–Crippen MR) is 75.4 cm³/mol. The first kappa shape index (κ1) is 22.9. The van der Waals surface area contributed by atoms with Crippen LogP contribution in [0, 0.1) is 6.42 Å². The third-order valence-corrected chi connectivity index (χ3v) is 3.68. The Hall–Kier alpha value is -2.40. The fraction of sp³-hybridized carbons (Fsp3) is 0.235. The van der Waals surface area contributed by atoms with Gasteiger partial charge in [0.15, 0.2) is 0 Å². The Kier molecular flexibility index (Phi) is 5.63. The van der Waals surface area contributed by atoms with Crippen molar-refractivity contribution < 1.29 is 52.7 Å². The van der Waals surface area contributed by atoms with Crippen LogP contribution >= 0.6 is 0 Å². The lowest BCUT2D eigenvalue weighted by atomic mass is 9.93. The molecule has 0 fully saturated rings. The zero-order valence-electron chi connectivity index (χ0n) is 13.6. The molecule has 0 nitrogen and oxygen atoms in total. The normalized spacial score (nSPS) is 13.7. The molecule has 0 atom stereocenters. The Bertz CT molecular complexity index is 808. The van der Waals surface area contributed by atoms with Crippen molar-refractivity contribution in [3.05, 3.63) is 76.2 Å². The van der Waals surface area contributed by atoms with Gasteiger partial charge in [0.25, 0.3) is 0 Å². The van der Waals surface area contributed by atoms with Crippen LogP contribution in [0.5, 0.6) is 0 Å². The van der Waals surface area contributed by atoms with Crippen molar-refractivity contribution >= 4 is 0 Å². The summed E-state index contributed by atoms with van der Waals surface area (Å²) < 4.78 is 155. The summed E-state index contributed by atoms with van der Waals surface area (Å²) in [6.45, 7) is 0. The van der Waals surface area contributed by atoms with Gasteiger partial charge in [-0.3, -0.25) is 0 Å². The van der Waals surface area contributed by atoms with Gasteiger partial charge in [0.2, 0.25) is 0 Å². The third-order valence-electron chi connectivity index (χ3n) is 3.68. The smallest absolute Gasteiger partial charge is 0.166 e. The van der Waals surface area contributed by atoms with E-state index in [4.69, 9.17) is 0 Å². The van der Waals surface area contributed by atoms with Crippen LogP contribution in [0.4, 0.5) is 52.7 Å². The zero-order chi connectivity index (χ0) is 22.4. The van der Waals surface area contributed by atoms with Gasteiger partial charge in [-0.25, -0.2) is 0 Å². The van der Waals surface area contributed by atoms with E-state index < -0.39 is 58.1 Å². The molecule has 29 heavy (non-hydrogen) atoms. The second kappa shape index (κ2) is 7.13. The van der Waals surface area contributed by atoms with Gasteiger partial charge in [-0.2, -0.15) is 52.7 Å². The molecule has 159 valence electrons. The summed E-state index contributed by atoms with van der Waals surface area (Å²) >= 11 is 0. The molecule has 2 aromatic carbocycles. The van der Waals surface area contributed by atoms with Crippen LogP contribution in [-0.4, -0.2) is 0 Å². The van der Waals surface area contributed by atoms with Crippen LogP contribution in [-0.2, 0) is 24.7 Å². The van der Waals surface area contributed by atoms with E-state index >= 15 is 0 Å². The van der Waals surface area contributed by atoms with Crippen molar-refractivity contribution in [1.29, 1.82) is 0 Å². The Labute approximate surface area is 154 Å². The second-order valence-electron chi connectivity index (χ2n) is 5.74. The van der Waals surface area contributed by atoms with Crippen LogP contribution in [0.2, 0.25) is 0 Å². The average molecular weight is 439 g/mol.